The van der Waals surface area contributed by atoms with Gasteiger partial charge in [-0.25, -0.2) is 4.39 Å². The van der Waals surface area contributed by atoms with E-state index in [0.717, 1.165) is 0 Å². The van der Waals surface area contributed by atoms with Gasteiger partial charge in [0.15, 0.2) is 0 Å². The van der Waals surface area contributed by atoms with E-state index in [1.54, 1.807) is 19.2 Å². The Balaban J connectivity index is 2.12. The van der Waals surface area contributed by atoms with Gasteiger partial charge >= 0.3 is 0 Å². The highest BCUT2D eigenvalue weighted by atomic mass is 127. The average Bonchev–Trinajstić information content (AvgIpc) is 2.50. The summed E-state index contributed by atoms with van der Waals surface area (Å²) in [4.78, 5) is 0. The molecule has 0 amide bonds. The van der Waals surface area contributed by atoms with Crippen molar-refractivity contribution < 1.29 is 23.3 Å². The van der Waals surface area contributed by atoms with E-state index in [9.17, 15) is 4.39 Å². The minimum atomic E-state index is -0.242. The maximum atomic E-state index is 13.7. The highest BCUT2D eigenvalue weighted by molar-refractivity contribution is 14.1. The van der Waals surface area contributed by atoms with Crippen molar-refractivity contribution in [2.75, 3.05) is 51.2 Å². The summed E-state index contributed by atoms with van der Waals surface area (Å²) in [6, 6.07) is 6.69. The molecule has 0 aliphatic heterocycles. The van der Waals surface area contributed by atoms with E-state index < -0.39 is 0 Å². The quantitative estimate of drug-likeness (QED) is 0.301. The van der Waals surface area contributed by atoms with Crippen LogP contribution in [0.2, 0.25) is 0 Å². The first kappa shape index (κ1) is 18.8. The molecular weight excluding hydrogens is 390 g/mol. The van der Waals surface area contributed by atoms with Gasteiger partial charge in [-0.3, -0.25) is 0 Å². The van der Waals surface area contributed by atoms with Gasteiger partial charge in [-0.15, -0.1) is 0 Å². The number of halogens is 2. The molecule has 0 radical (unpaired) electrons. The van der Waals surface area contributed by atoms with Gasteiger partial charge in [0.25, 0.3) is 0 Å². The lowest BCUT2D eigenvalue weighted by Crippen LogP contribution is -2.14. The van der Waals surface area contributed by atoms with E-state index in [2.05, 4.69) is 22.6 Å². The van der Waals surface area contributed by atoms with Crippen LogP contribution in [0.5, 0.6) is 0 Å². The maximum Gasteiger partial charge on any atom is 0.129 e. The maximum absolute atomic E-state index is 13.7. The molecule has 0 fully saturated rings. The van der Waals surface area contributed by atoms with Crippen molar-refractivity contribution in [3.8, 4) is 0 Å². The van der Waals surface area contributed by atoms with Gasteiger partial charge in [-0.2, -0.15) is 0 Å². The standard InChI is InChI=1S/C15H22FIO4/c1-18-6-7-19-8-9-20-10-11-21-15(12-17)13-4-2-3-5-14(13)16/h2-5,15H,6-12H2,1H3. The zero-order valence-corrected chi connectivity index (χ0v) is 14.4. The third kappa shape index (κ3) is 8.06. The highest BCUT2D eigenvalue weighted by Crippen LogP contribution is 2.22. The summed E-state index contributed by atoms with van der Waals surface area (Å²) in [7, 11) is 1.64. The third-order valence-electron chi connectivity index (χ3n) is 2.74. The van der Waals surface area contributed by atoms with Crippen LogP contribution in [0.25, 0.3) is 0 Å². The number of hydrogen-bond acceptors (Lipinski definition) is 4. The van der Waals surface area contributed by atoms with E-state index >= 15 is 0 Å². The molecule has 0 aliphatic carbocycles. The Morgan fingerprint density at radius 2 is 1.62 bits per heavy atom. The number of methoxy groups -OCH3 is 1. The Morgan fingerprint density at radius 3 is 2.24 bits per heavy atom. The smallest absolute Gasteiger partial charge is 0.129 e. The predicted octanol–water partition coefficient (Wildman–Crippen LogP) is 3.00. The second-order valence-electron chi connectivity index (χ2n) is 4.25. The molecule has 21 heavy (non-hydrogen) atoms. The topological polar surface area (TPSA) is 36.9 Å². The molecule has 1 aromatic carbocycles. The molecule has 120 valence electrons. The lowest BCUT2D eigenvalue weighted by molar-refractivity contribution is -0.0115. The first-order chi connectivity index (χ1) is 10.3. The second-order valence-corrected chi connectivity index (χ2v) is 5.13. The number of benzene rings is 1. The molecule has 0 spiro atoms. The minimum absolute atomic E-state index is 0.230. The van der Waals surface area contributed by atoms with Crippen molar-refractivity contribution in [3.05, 3.63) is 35.6 Å². The van der Waals surface area contributed by atoms with Crippen LogP contribution in [-0.4, -0.2) is 51.2 Å². The summed E-state index contributed by atoms with van der Waals surface area (Å²) in [5, 5.41) is 0. The Bertz CT molecular complexity index is 378. The van der Waals surface area contributed by atoms with Crippen LogP contribution in [0.3, 0.4) is 0 Å². The molecule has 1 unspecified atom stereocenters. The Morgan fingerprint density at radius 1 is 1.00 bits per heavy atom. The van der Waals surface area contributed by atoms with Crippen molar-refractivity contribution >= 4 is 22.6 Å². The molecule has 6 heteroatoms. The first-order valence-corrected chi connectivity index (χ1v) is 8.38. The van der Waals surface area contributed by atoms with Gasteiger partial charge in [0.1, 0.15) is 5.82 Å². The molecule has 0 aliphatic rings. The van der Waals surface area contributed by atoms with Gasteiger partial charge in [0, 0.05) is 17.1 Å². The van der Waals surface area contributed by atoms with Crippen molar-refractivity contribution in [1.29, 1.82) is 0 Å². The molecular formula is C15H22FIO4. The number of hydrogen-bond donors (Lipinski definition) is 0. The first-order valence-electron chi connectivity index (χ1n) is 6.86. The van der Waals surface area contributed by atoms with E-state index in [-0.39, 0.29) is 11.9 Å². The van der Waals surface area contributed by atoms with Gasteiger partial charge in [0.2, 0.25) is 0 Å². The van der Waals surface area contributed by atoms with Crippen LogP contribution in [0, 0.1) is 5.82 Å². The molecule has 0 heterocycles. The molecule has 0 saturated heterocycles. The molecule has 1 atom stereocenters. The molecule has 4 nitrogen and oxygen atoms in total. The normalized spacial score (nSPS) is 12.5. The second kappa shape index (κ2) is 12.3. The van der Waals surface area contributed by atoms with E-state index in [0.29, 0.717) is 49.6 Å². The highest BCUT2D eigenvalue weighted by Gasteiger charge is 2.14. The Labute approximate surface area is 139 Å². The van der Waals surface area contributed by atoms with Crippen LogP contribution in [0.4, 0.5) is 4.39 Å². The summed E-state index contributed by atoms with van der Waals surface area (Å²) in [6.45, 7) is 3.10. The van der Waals surface area contributed by atoms with Gasteiger partial charge in [-0.05, 0) is 6.07 Å². The van der Waals surface area contributed by atoms with Gasteiger partial charge < -0.3 is 18.9 Å². The fraction of sp³-hybridized carbons (Fsp3) is 0.600. The van der Waals surface area contributed by atoms with Crippen molar-refractivity contribution in [2.24, 2.45) is 0 Å². The third-order valence-corrected chi connectivity index (χ3v) is 3.54. The van der Waals surface area contributed by atoms with E-state index in [4.69, 9.17) is 18.9 Å². The molecule has 0 bridgehead atoms. The lowest BCUT2D eigenvalue weighted by atomic mass is 10.1. The van der Waals surface area contributed by atoms with E-state index in [1.165, 1.54) is 6.07 Å². The molecule has 1 aromatic rings. The van der Waals surface area contributed by atoms with E-state index in [1.807, 2.05) is 6.07 Å². The number of rotatable bonds is 12. The molecule has 0 N–H and O–H groups in total. The number of ether oxygens (including phenoxy) is 4. The SMILES string of the molecule is COCCOCCOCCOC(CI)c1ccccc1F. The van der Waals surface area contributed by atoms with Gasteiger partial charge in [-0.1, -0.05) is 40.8 Å². The fourth-order valence-electron chi connectivity index (χ4n) is 1.67. The summed E-state index contributed by atoms with van der Waals surface area (Å²) in [5.74, 6) is -0.230. The largest absolute Gasteiger partial charge is 0.382 e. The fourth-order valence-corrected chi connectivity index (χ4v) is 2.40. The Hall–Kier alpha value is -0.280. The molecule has 1 rings (SSSR count). The van der Waals surface area contributed by atoms with Crippen LogP contribution in [0.1, 0.15) is 11.7 Å². The summed E-state index contributed by atoms with van der Waals surface area (Å²) < 4.78 is 35.5. The minimum Gasteiger partial charge on any atom is -0.382 e. The van der Waals surface area contributed by atoms with Crippen molar-refractivity contribution in [3.63, 3.8) is 0 Å². The summed E-state index contributed by atoms with van der Waals surface area (Å²) in [5.41, 5.74) is 0.592. The summed E-state index contributed by atoms with van der Waals surface area (Å²) >= 11 is 2.19. The monoisotopic (exact) mass is 412 g/mol. The zero-order valence-electron chi connectivity index (χ0n) is 12.2. The molecule has 0 aromatic heterocycles. The zero-order chi connectivity index (χ0) is 15.3. The van der Waals surface area contributed by atoms with Crippen LogP contribution in [0.15, 0.2) is 24.3 Å². The molecule has 0 saturated carbocycles. The predicted molar refractivity (Wildman–Crippen MR) is 87.5 cm³/mol. The van der Waals surface area contributed by atoms with Crippen LogP contribution >= 0.6 is 22.6 Å². The number of alkyl halides is 1. The van der Waals surface area contributed by atoms with Crippen LogP contribution < -0.4 is 0 Å². The average molecular weight is 412 g/mol. The van der Waals surface area contributed by atoms with Crippen molar-refractivity contribution in [1.82, 2.24) is 0 Å². The Kier molecular flexibility index (Phi) is 11.0. The van der Waals surface area contributed by atoms with Crippen molar-refractivity contribution in [2.45, 2.75) is 6.10 Å². The summed E-state index contributed by atoms with van der Waals surface area (Å²) in [6.07, 6.45) is -0.242. The lowest BCUT2D eigenvalue weighted by Gasteiger charge is -2.16. The van der Waals surface area contributed by atoms with Crippen LogP contribution in [-0.2, 0) is 18.9 Å². The van der Waals surface area contributed by atoms with Gasteiger partial charge in [0.05, 0.1) is 45.7 Å².